The van der Waals surface area contributed by atoms with Gasteiger partial charge in [-0.05, 0) is 54.0 Å². The van der Waals surface area contributed by atoms with Crippen LogP contribution in [0.1, 0.15) is 24.2 Å². The molecule has 0 aliphatic carbocycles. The van der Waals surface area contributed by atoms with Crippen molar-refractivity contribution in [3.63, 3.8) is 0 Å². The number of pyridine rings is 1. The second-order valence-corrected chi connectivity index (χ2v) is 6.77. The fourth-order valence-corrected chi connectivity index (χ4v) is 3.09. The van der Waals surface area contributed by atoms with Crippen LogP contribution in [0.4, 0.5) is 4.39 Å². The van der Waals surface area contributed by atoms with Crippen molar-refractivity contribution in [1.29, 1.82) is 0 Å². The zero-order valence-electron chi connectivity index (χ0n) is 13.6. The highest BCUT2D eigenvalue weighted by Crippen LogP contribution is 2.30. The predicted molar refractivity (Wildman–Crippen MR) is 96.0 cm³/mol. The average Bonchev–Trinajstić information content (AvgIpc) is 2.90. The largest absolute Gasteiger partial charge is 0.339 e. The second-order valence-electron chi connectivity index (χ2n) is 5.91. The Balaban J connectivity index is 2.23. The van der Waals surface area contributed by atoms with Gasteiger partial charge in [0.05, 0.1) is 23.0 Å². The van der Waals surface area contributed by atoms with Crippen LogP contribution in [0.2, 0.25) is 0 Å². The lowest BCUT2D eigenvalue weighted by atomic mass is 10.1. The van der Waals surface area contributed by atoms with Crippen molar-refractivity contribution in [2.75, 3.05) is 7.05 Å². The monoisotopic (exact) mass is 389 g/mol. The summed E-state index contributed by atoms with van der Waals surface area (Å²) >= 11 is 3.53. The summed E-state index contributed by atoms with van der Waals surface area (Å²) in [6.07, 6.45) is 5.30. The number of benzene rings is 1. The van der Waals surface area contributed by atoms with Gasteiger partial charge < -0.3 is 9.47 Å². The highest BCUT2D eigenvalue weighted by molar-refractivity contribution is 9.10. The molecule has 24 heavy (non-hydrogen) atoms. The van der Waals surface area contributed by atoms with Gasteiger partial charge in [-0.25, -0.2) is 4.39 Å². The molecular weight excluding hydrogens is 373 g/mol. The Labute approximate surface area is 148 Å². The number of fused-ring (bicyclic) bond motifs is 1. The maximum absolute atomic E-state index is 13.8. The maximum Gasteiger partial charge on any atom is 0.256 e. The van der Waals surface area contributed by atoms with Crippen LogP contribution in [0.3, 0.4) is 0 Å². The first-order valence-electron chi connectivity index (χ1n) is 7.58. The van der Waals surface area contributed by atoms with E-state index >= 15 is 0 Å². The van der Waals surface area contributed by atoms with Crippen LogP contribution in [0, 0.1) is 5.82 Å². The van der Waals surface area contributed by atoms with Gasteiger partial charge in [0.25, 0.3) is 5.91 Å². The van der Waals surface area contributed by atoms with Gasteiger partial charge in [-0.15, -0.1) is 0 Å². The summed E-state index contributed by atoms with van der Waals surface area (Å²) in [5.41, 5.74) is 1.79. The summed E-state index contributed by atoms with van der Waals surface area (Å²) in [6.45, 7) is 3.84. The first kappa shape index (κ1) is 16.6. The third-order valence-electron chi connectivity index (χ3n) is 4.10. The summed E-state index contributed by atoms with van der Waals surface area (Å²) < 4.78 is 16.5. The molecule has 0 N–H and O–H groups in total. The van der Waals surface area contributed by atoms with Gasteiger partial charge in [-0.1, -0.05) is 0 Å². The molecule has 4 nitrogen and oxygen atoms in total. The molecule has 0 aliphatic rings. The topological polar surface area (TPSA) is 38.1 Å². The highest BCUT2D eigenvalue weighted by Gasteiger charge is 2.21. The molecule has 2 heterocycles. The maximum atomic E-state index is 13.8. The molecule has 2 aromatic heterocycles. The SMILES string of the molecule is CC(C)N(C)C(=O)c1cc(F)ccc1-n1cc(Br)c2ccncc21. The molecule has 124 valence electrons. The van der Waals surface area contributed by atoms with Crippen LogP contribution in [-0.4, -0.2) is 33.4 Å². The van der Waals surface area contributed by atoms with Crippen LogP contribution in [0.15, 0.2) is 47.3 Å². The van der Waals surface area contributed by atoms with Crippen molar-refractivity contribution in [1.82, 2.24) is 14.5 Å². The normalized spacial score (nSPS) is 11.2. The molecule has 0 fully saturated rings. The van der Waals surface area contributed by atoms with E-state index in [1.54, 1.807) is 30.4 Å². The predicted octanol–water partition coefficient (Wildman–Crippen LogP) is 4.41. The minimum Gasteiger partial charge on any atom is -0.339 e. The third-order valence-corrected chi connectivity index (χ3v) is 4.73. The Morgan fingerprint density at radius 2 is 2.08 bits per heavy atom. The Kier molecular flexibility index (Phi) is 4.41. The van der Waals surface area contributed by atoms with Gasteiger partial charge >= 0.3 is 0 Å². The molecule has 1 amide bonds. The highest BCUT2D eigenvalue weighted by atomic mass is 79.9. The van der Waals surface area contributed by atoms with E-state index in [4.69, 9.17) is 0 Å². The van der Waals surface area contributed by atoms with Gasteiger partial charge in [0.2, 0.25) is 0 Å². The van der Waals surface area contributed by atoms with Crippen LogP contribution >= 0.6 is 15.9 Å². The molecule has 0 atom stereocenters. The Morgan fingerprint density at radius 3 is 2.79 bits per heavy atom. The molecule has 3 rings (SSSR count). The zero-order chi connectivity index (χ0) is 17.4. The van der Waals surface area contributed by atoms with Crippen molar-refractivity contribution in [3.8, 4) is 5.69 Å². The van der Waals surface area contributed by atoms with E-state index in [0.717, 1.165) is 15.4 Å². The summed E-state index contributed by atoms with van der Waals surface area (Å²) in [6, 6.07) is 6.17. The Hall–Kier alpha value is -2.21. The number of carbonyl (C=O) groups is 1. The summed E-state index contributed by atoms with van der Waals surface area (Å²) in [4.78, 5) is 18.5. The van der Waals surface area contributed by atoms with E-state index in [1.165, 1.54) is 12.1 Å². The van der Waals surface area contributed by atoms with Crippen molar-refractivity contribution >= 4 is 32.7 Å². The van der Waals surface area contributed by atoms with Crippen molar-refractivity contribution in [3.05, 3.63) is 58.7 Å². The number of aromatic nitrogens is 2. The Bertz CT molecular complexity index is 920. The van der Waals surface area contributed by atoms with E-state index < -0.39 is 5.82 Å². The van der Waals surface area contributed by atoms with E-state index in [0.29, 0.717) is 11.3 Å². The van der Waals surface area contributed by atoms with Gasteiger partial charge in [0.15, 0.2) is 0 Å². The van der Waals surface area contributed by atoms with Gasteiger partial charge in [-0.2, -0.15) is 0 Å². The molecule has 3 aromatic rings. The number of halogens is 2. The third kappa shape index (κ3) is 2.82. The number of amides is 1. The lowest BCUT2D eigenvalue weighted by molar-refractivity contribution is 0.0754. The van der Waals surface area contributed by atoms with E-state index in [1.807, 2.05) is 30.7 Å². The fraction of sp³-hybridized carbons (Fsp3) is 0.222. The number of hydrogen-bond acceptors (Lipinski definition) is 2. The number of hydrogen-bond donors (Lipinski definition) is 0. The molecule has 0 unspecified atom stereocenters. The van der Waals surface area contributed by atoms with Crippen molar-refractivity contribution < 1.29 is 9.18 Å². The van der Waals surface area contributed by atoms with Crippen LogP contribution in [0.25, 0.3) is 16.6 Å². The quantitative estimate of drug-likeness (QED) is 0.665. The molecule has 0 bridgehead atoms. The number of carbonyl (C=O) groups excluding carboxylic acids is 1. The standard InChI is InChI=1S/C18H17BrFN3O/c1-11(2)22(3)18(24)14-8-12(20)4-5-16(14)23-10-15(19)13-6-7-21-9-17(13)23/h4-11H,1-3H3. The minimum absolute atomic E-state index is 0.0171. The van der Waals surface area contributed by atoms with E-state index in [9.17, 15) is 9.18 Å². The number of nitrogens with zero attached hydrogens (tertiary/aromatic N) is 3. The van der Waals surface area contributed by atoms with Crippen molar-refractivity contribution in [2.24, 2.45) is 0 Å². The summed E-state index contributed by atoms with van der Waals surface area (Å²) in [7, 11) is 1.72. The van der Waals surface area contributed by atoms with Gasteiger partial charge in [0, 0.05) is 35.3 Å². The molecular formula is C18H17BrFN3O. The molecule has 1 aromatic carbocycles. The fourth-order valence-electron chi connectivity index (χ4n) is 2.55. The number of rotatable bonds is 3. The smallest absolute Gasteiger partial charge is 0.256 e. The minimum atomic E-state index is -0.437. The Morgan fingerprint density at radius 1 is 1.33 bits per heavy atom. The van der Waals surface area contributed by atoms with Gasteiger partial charge in [-0.3, -0.25) is 9.78 Å². The first-order valence-corrected chi connectivity index (χ1v) is 8.37. The van der Waals surface area contributed by atoms with E-state index in [2.05, 4.69) is 20.9 Å². The molecule has 0 aliphatic heterocycles. The average molecular weight is 390 g/mol. The lowest BCUT2D eigenvalue weighted by Gasteiger charge is -2.23. The molecule has 0 saturated carbocycles. The van der Waals surface area contributed by atoms with E-state index in [-0.39, 0.29) is 11.9 Å². The van der Waals surface area contributed by atoms with Crippen LogP contribution in [-0.2, 0) is 0 Å². The summed E-state index contributed by atoms with van der Waals surface area (Å²) in [5, 5.41) is 0.977. The zero-order valence-corrected chi connectivity index (χ0v) is 15.2. The molecule has 0 radical (unpaired) electrons. The molecule has 0 saturated heterocycles. The molecule has 0 spiro atoms. The van der Waals surface area contributed by atoms with Crippen LogP contribution < -0.4 is 0 Å². The lowest BCUT2D eigenvalue weighted by Crippen LogP contribution is -2.33. The second kappa shape index (κ2) is 6.36. The van der Waals surface area contributed by atoms with Crippen LogP contribution in [0.5, 0.6) is 0 Å². The first-order chi connectivity index (χ1) is 11.4. The summed E-state index contributed by atoms with van der Waals surface area (Å²) in [5.74, 6) is -0.658. The van der Waals surface area contributed by atoms with Gasteiger partial charge in [0.1, 0.15) is 5.82 Å². The molecule has 6 heteroatoms. The van der Waals surface area contributed by atoms with Crippen molar-refractivity contribution in [2.45, 2.75) is 19.9 Å².